The molecule has 0 atom stereocenters. The highest BCUT2D eigenvalue weighted by Gasteiger charge is 2.23. The van der Waals surface area contributed by atoms with Crippen LogP contribution in [0.5, 0.6) is 0 Å². The molecule has 0 aromatic carbocycles. The molecule has 6 heteroatoms. The number of allylic oxidation sites excluding steroid dienone is 4. The van der Waals surface area contributed by atoms with Gasteiger partial charge in [0.1, 0.15) is 5.83 Å². The molecule has 1 aliphatic rings. The summed E-state index contributed by atoms with van der Waals surface area (Å²) in [5.74, 6) is -0.620. The minimum absolute atomic E-state index is 0.194. The van der Waals surface area contributed by atoms with Crippen molar-refractivity contribution < 1.29 is 9.18 Å². The van der Waals surface area contributed by atoms with Crippen LogP contribution in [0.4, 0.5) is 10.1 Å². The number of likely N-dealkylation sites (N-methyl/N-ethyl adjacent to an activating group) is 1. The number of carbonyl (C=O) groups is 1. The highest BCUT2D eigenvalue weighted by atomic mass is 19.1. The number of aryl methyl sites for hydroxylation is 1. The molecular weight excluding hydrogens is 355 g/mol. The molecule has 1 aromatic rings. The highest BCUT2D eigenvalue weighted by molar-refractivity contribution is 6.05. The smallest absolute Gasteiger partial charge is 0.251 e. The molecule has 1 saturated heterocycles. The second-order valence-electron chi connectivity index (χ2n) is 6.81. The van der Waals surface area contributed by atoms with Crippen LogP contribution in [0.15, 0.2) is 41.8 Å². The van der Waals surface area contributed by atoms with Crippen LogP contribution in [0.25, 0.3) is 6.08 Å². The zero-order valence-electron chi connectivity index (χ0n) is 17.3. The van der Waals surface area contributed by atoms with E-state index in [9.17, 15) is 9.18 Å². The van der Waals surface area contributed by atoms with E-state index in [1.807, 2.05) is 13.8 Å². The van der Waals surface area contributed by atoms with E-state index in [1.165, 1.54) is 18.2 Å². The van der Waals surface area contributed by atoms with Gasteiger partial charge in [0, 0.05) is 36.6 Å². The van der Waals surface area contributed by atoms with Gasteiger partial charge in [0.2, 0.25) is 0 Å². The summed E-state index contributed by atoms with van der Waals surface area (Å²) in [6, 6.07) is 0. The van der Waals surface area contributed by atoms with E-state index in [-0.39, 0.29) is 5.91 Å². The average molecular weight is 387 g/mol. The molecule has 0 spiro atoms. The Morgan fingerprint density at radius 3 is 2.68 bits per heavy atom. The van der Waals surface area contributed by atoms with Gasteiger partial charge in [0.15, 0.2) is 0 Å². The fraction of sp³-hybridized carbons (Fsp3) is 0.409. The molecule has 1 fully saturated rings. The van der Waals surface area contributed by atoms with Crippen LogP contribution < -0.4 is 10.6 Å². The van der Waals surface area contributed by atoms with E-state index in [4.69, 9.17) is 0 Å². The van der Waals surface area contributed by atoms with Crippen molar-refractivity contribution in [2.75, 3.05) is 38.0 Å². The van der Waals surface area contributed by atoms with Crippen molar-refractivity contribution in [2.24, 2.45) is 0 Å². The summed E-state index contributed by atoms with van der Waals surface area (Å²) < 4.78 is 13.8. The molecule has 1 aromatic heterocycles. The Labute approximate surface area is 167 Å². The maximum absolute atomic E-state index is 13.8. The molecule has 0 unspecified atom stereocenters. The van der Waals surface area contributed by atoms with Gasteiger partial charge in [-0.25, -0.2) is 4.39 Å². The molecule has 0 radical (unpaired) electrons. The highest BCUT2D eigenvalue weighted by Crippen LogP contribution is 2.28. The van der Waals surface area contributed by atoms with Crippen molar-refractivity contribution >= 4 is 17.7 Å². The average Bonchev–Trinajstić information content (AvgIpc) is 3.13. The van der Waals surface area contributed by atoms with E-state index in [0.29, 0.717) is 17.7 Å². The van der Waals surface area contributed by atoms with Crippen LogP contribution >= 0.6 is 0 Å². The molecule has 1 aliphatic heterocycles. The number of hydrogen-bond acceptors (Lipinski definition) is 3. The van der Waals surface area contributed by atoms with Gasteiger partial charge >= 0.3 is 0 Å². The number of nitrogens with zero attached hydrogens (tertiary/aromatic N) is 1. The van der Waals surface area contributed by atoms with E-state index in [0.717, 1.165) is 48.8 Å². The first kappa shape index (κ1) is 21.7. The zero-order chi connectivity index (χ0) is 20.7. The molecule has 2 rings (SSSR count). The lowest BCUT2D eigenvalue weighted by Crippen LogP contribution is -2.28. The topological polar surface area (TPSA) is 60.2 Å². The first-order chi connectivity index (χ1) is 13.4. The lowest BCUT2D eigenvalue weighted by Gasteiger charge is -2.18. The standard InChI is InChI=1S/C22H31FN4O/c1-6-9-18(23)12-17-14-25-22(28)19(17)13-20-15(4)21(16(5)26-20)24-10-11-27(7-2)8-3/h6,9,12-13,24,26H,1,7-8,10-11,14H2,2-5H3,(H,25,28)/b17-12+,18-9+,19-13-. The van der Waals surface area contributed by atoms with E-state index >= 15 is 0 Å². The molecule has 152 valence electrons. The van der Waals surface area contributed by atoms with Crippen molar-refractivity contribution in [1.29, 1.82) is 0 Å². The zero-order valence-corrected chi connectivity index (χ0v) is 17.3. The predicted octanol–water partition coefficient (Wildman–Crippen LogP) is 3.86. The third-order valence-electron chi connectivity index (χ3n) is 5.01. The maximum atomic E-state index is 13.8. The van der Waals surface area contributed by atoms with Gasteiger partial charge in [-0.1, -0.05) is 26.5 Å². The SMILES string of the molecule is C=C\C=C(F)/C=C1\CNC(=O)\C1=C/c1[nH]c(C)c(NCCN(CC)CC)c1C. The number of carbonyl (C=O) groups excluding carboxylic acids is 1. The van der Waals surface area contributed by atoms with Crippen LogP contribution in [-0.2, 0) is 4.79 Å². The summed E-state index contributed by atoms with van der Waals surface area (Å²) in [4.78, 5) is 17.9. The summed E-state index contributed by atoms with van der Waals surface area (Å²) in [5, 5.41) is 6.26. The number of halogens is 1. The molecule has 5 nitrogen and oxygen atoms in total. The number of aromatic amines is 1. The van der Waals surface area contributed by atoms with Crippen LogP contribution in [0.1, 0.15) is 30.8 Å². The number of anilines is 1. The Morgan fingerprint density at radius 1 is 1.32 bits per heavy atom. The lowest BCUT2D eigenvalue weighted by molar-refractivity contribution is -0.116. The molecular formula is C22H31FN4O. The van der Waals surface area contributed by atoms with Crippen LogP contribution in [0.3, 0.4) is 0 Å². The molecule has 28 heavy (non-hydrogen) atoms. The van der Waals surface area contributed by atoms with Gasteiger partial charge in [-0.2, -0.15) is 0 Å². The summed E-state index contributed by atoms with van der Waals surface area (Å²) >= 11 is 0. The number of H-pyrrole nitrogens is 1. The third-order valence-corrected chi connectivity index (χ3v) is 5.01. The molecule has 0 saturated carbocycles. The number of aromatic nitrogens is 1. The Kier molecular flexibility index (Phi) is 7.81. The minimum Gasteiger partial charge on any atom is -0.382 e. The minimum atomic E-state index is -0.425. The Morgan fingerprint density at radius 2 is 2.04 bits per heavy atom. The lowest BCUT2D eigenvalue weighted by atomic mass is 10.1. The van der Waals surface area contributed by atoms with Crippen LogP contribution in [0, 0.1) is 13.8 Å². The summed E-state index contributed by atoms with van der Waals surface area (Å²) in [5.41, 5.74) is 5.08. The molecule has 3 N–H and O–H groups in total. The number of hydrogen-bond donors (Lipinski definition) is 3. The van der Waals surface area contributed by atoms with Crippen LogP contribution in [0.2, 0.25) is 0 Å². The number of nitrogens with one attached hydrogen (secondary N) is 3. The van der Waals surface area contributed by atoms with E-state index < -0.39 is 5.83 Å². The van der Waals surface area contributed by atoms with Crippen molar-refractivity contribution in [3.63, 3.8) is 0 Å². The number of amides is 1. The molecule has 0 aliphatic carbocycles. The molecule has 2 heterocycles. The monoisotopic (exact) mass is 386 g/mol. The van der Waals surface area contributed by atoms with Crippen molar-refractivity contribution in [1.82, 2.24) is 15.2 Å². The fourth-order valence-corrected chi connectivity index (χ4v) is 3.33. The summed E-state index contributed by atoms with van der Waals surface area (Å²) in [7, 11) is 0. The summed E-state index contributed by atoms with van der Waals surface area (Å²) in [6.07, 6.45) is 5.83. The Bertz CT molecular complexity index is 813. The van der Waals surface area contributed by atoms with Gasteiger partial charge in [0.05, 0.1) is 5.69 Å². The first-order valence-electron chi connectivity index (χ1n) is 9.75. The van der Waals surface area contributed by atoms with Crippen LogP contribution in [-0.4, -0.2) is 48.5 Å². The van der Waals surface area contributed by atoms with E-state index in [2.05, 4.69) is 40.9 Å². The van der Waals surface area contributed by atoms with Crippen molar-refractivity contribution in [3.8, 4) is 0 Å². The Hall–Kier alpha value is -2.60. The predicted molar refractivity (Wildman–Crippen MR) is 115 cm³/mol. The largest absolute Gasteiger partial charge is 0.382 e. The summed E-state index contributed by atoms with van der Waals surface area (Å²) in [6.45, 7) is 16.0. The Balaban J connectivity index is 2.24. The van der Waals surface area contributed by atoms with Gasteiger partial charge in [-0.05, 0) is 56.3 Å². The van der Waals surface area contributed by atoms with Gasteiger partial charge in [0.25, 0.3) is 5.91 Å². The molecule has 1 amide bonds. The third kappa shape index (κ3) is 5.23. The fourth-order valence-electron chi connectivity index (χ4n) is 3.33. The molecule has 0 bridgehead atoms. The number of rotatable bonds is 9. The second-order valence-corrected chi connectivity index (χ2v) is 6.81. The van der Waals surface area contributed by atoms with Crippen molar-refractivity contribution in [2.45, 2.75) is 27.7 Å². The van der Waals surface area contributed by atoms with Crippen molar-refractivity contribution in [3.05, 3.63) is 58.7 Å². The van der Waals surface area contributed by atoms with Gasteiger partial charge in [-0.3, -0.25) is 4.79 Å². The second kappa shape index (κ2) is 10.1. The quantitative estimate of drug-likeness (QED) is 0.446. The maximum Gasteiger partial charge on any atom is 0.251 e. The first-order valence-corrected chi connectivity index (χ1v) is 9.75. The van der Waals surface area contributed by atoms with E-state index in [1.54, 1.807) is 6.08 Å². The normalized spacial score (nSPS) is 17.6. The van der Waals surface area contributed by atoms with Gasteiger partial charge < -0.3 is 20.5 Å². The van der Waals surface area contributed by atoms with Gasteiger partial charge in [-0.15, -0.1) is 0 Å².